The minimum Gasteiger partial charge on any atom is -0.367 e. The topological polar surface area (TPSA) is 81.1 Å². The second kappa shape index (κ2) is 4.89. The van der Waals surface area contributed by atoms with E-state index in [0.29, 0.717) is 0 Å². The summed E-state index contributed by atoms with van der Waals surface area (Å²) in [4.78, 5) is 4.23. The van der Waals surface area contributed by atoms with E-state index in [1.165, 1.54) is 0 Å². The van der Waals surface area contributed by atoms with Gasteiger partial charge in [0, 0.05) is 25.0 Å². The van der Waals surface area contributed by atoms with Gasteiger partial charge in [-0.3, -0.25) is 4.40 Å². The third-order valence-electron chi connectivity index (χ3n) is 2.55. The lowest BCUT2D eigenvalue weighted by Crippen LogP contribution is -2.22. The van der Waals surface area contributed by atoms with Gasteiger partial charge < -0.3 is 11.1 Å². The zero-order valence-corrected chi connectivity index (χ0v) is 9.30. The van der Waals surface area contributed by atoms with E-state index in [4.69, 9.17) is 5.73 Å². The molecule has 6 nitrogen and oxygen atoms in total. The van der Waals surface area contributed by atoms with Gasteiger partial charge in [-0.15, -0.1) is 10.2 Å². The lowest BCUT2D eigenvalue weighted by molar-refractivity contribution is 0.613. The molecule has 0 aliphatic heterocycles. The molecule has 2 heterocycles. The summed E-state index contributed by atoms with van der Waals surface area (Å²) >= 11 is 0. The average molecular weight is 220 g/mol. The third-order valence-corrected chi connectivity index (χ3v) is 2.55. The van der Waals surface area contributed by atoms with E-state index in [9.17, 15) is 0 Å². The predicted octanol–water partition coefficient (Wildman–Crippen LogP) is 0.664. The number of fused-ring (bicyclic) bond motifs is 1. The molecule has 3 N–H and O–H groups in total. The van der Waals surface area contributed by atoms with Gasteiger partial charge in [-0.05, 0) is 12.8 Å². The van der Waals surface area contributed by atoms with Crippen molar-refractivity contribution in [3.05, 3.63) is 18.7 Å². The number of hydrogen-bond acceptors (Lipinski definition) is 5. The van der Waals surface area contributed by atoms with Crippen molar-refractivity contribution in [2.45, 2.75) is 25.8 Å². The quantitative estimate of drug-likeness (QED) is 0.773. The van der Waals surface area contributed by atoms with Crippen LogP contribution in [0.2, 0.25) is 0 Å². The molecule has 0 bridgehead atoms. The zero-order chi connectivity index (χ0) is 11.4. The fraction of sp³-hybridized carbons (Fsp3) is 0.500. The highest BCUT2D eigenvalue weighted by Crippen LogP contribution is 2.09. The molecule has 2 aromatic rings. The maximum Gasteiger partial charge on any atom is 0.203 e. The number of nitrogens with zero attached hydrogens (tertiary/aromatic N) is 4. The Kier molecular flexibility index (Phi) is 3.31. The molecule has 0 aliphatic rings. The number of nitrogens with one attached hydrogen (secondary N) is 1. The number of aromatic nitrogens is 4. The van der Waals surface area contributed by atoms with Gasteiger partial charge in [0.2, 0.25) is 5.65 Å². The van der Waals surface area contributed by atoms with E-state index in [2.05, 4.69) is 27.4 Å². The van der Waals surface area contributed by atoms with Crippen LogP contribution in [0.4, 0.5) is 5.82 Å². The molecule has 0 aromatic carbocycles. The van der Waals surface area contributed by atoms with Gasteiger partial charge in [0.05, 0.1) is 0 Å². The van der Waals surface area contributed by atoms with E-state index in [1.54, 1.807) is 12.5 Å². The van der Waals surface area contributed by atoms with Crippen molar-refractivity contribution in [1.29, 1.82) is 0 Å². The fourth-order valence-corrected chi connectivity index (χ4v) is 1.46. The van der Waals surface area contributed by atoms with Crippen LogP contribution in [0.25, 0.3) is 5.65 Å². The standard InChI is InChI=1S/C10H16N6/c1-2-8(11)3-4-12-9-10-15-14-7-16(10)6-5-13-9/h5-8H,2-4,11H2,1H3,(H,12,13). The molecule has 0 radical (unpaired) electrons. The van der Waals surface area contributed by atoms with Crippen LogP contribution >= 0.6 is 0 Å². The van der Waals surface area contributed by atoms with Gasteiger partial charge in [-0.1, -0.05) is 6.92 Å². The molecule has 0 saturated heterocycles. The summed E-state index contributed by atoms with van der Waals surface area (Å²) < 4.78 is 1.83. The second-order valence-electron chi connectivity index (χ2n) is 3.72. The van der Waals surface area contributed by atoms with Gasteiger partial charge in [-0.2, -0.15) is 0 Å². The molecule has 6 heteroatoms. The monoisotopic (exact) mass is 220 g/mol. The van der Waals surface area contributed by atoms with Crippen molar-refractivity contribution in [1.82, 2.24) is 19.6 Å². The summed E-state index contributed by atoms with van der Waals surface area (Å²) in [6.07, 6.45) is 7.11. The van der Waals surface area contributed by atoms with Crippen LogP contribution in [0, 0.1) is 0 Å². The van der Waals surface area contributed by atoms with Gasteiger partial charge >= 0.3 is 0 Å². The molecule has 2 rings (SSSR count). The predicted molar refractivity (Wildman–Crippen MR) is 62.2 cm³/mol. The van der Waals surface area contributed by atoms with Gasteiger partial charge in [0.25, 0.3) is 0 Å². The molecule has 0 aliphatic carbocycles. The van der Waals surface area contributed by atoms with E-state index in [0.717, 1.165) is 30.9 Å². The Bertz CT molecular complexity index is 451. The van der Waals surface area contributed by atoms with Crippen LogP contribution in [0.5, 0.6) is 0 Å². The van der Waals surface area contributed by atoms with Crippen LogP contribution in [0.3, 0.4) is 0 Å². The molecule has 1 unspecified atom stereocenters. The van der Waals surface area contributed by atoms with Crippen molar-refractivity contribution in [2.75, 3.05) is 11.9 Å². The molecule has 16 heavy (non-hydrogen) atoms. The third kappa shape index (κ3) is 2.27. The minimum absolute atomic E-state index is 0.241. The molecular formula is C10H16N6. The van der Waals surface area contributed by atoms with Crippen molar-refractivity contribution in [3.63, 3.8) is 0 Å². The Hall–Kier alpha value is -1.69. The Morgan fingerprint density at radius 1 is 1.56 bits per heavy atom. The number of nitrogens with two attached hydrogens (primary N) is 1. The molecule has 0 fully saturated rings. The smallest absolute Gasteiger partial charge is 0.203 e. The first-order valence-electron chi connectivity index (χ1n) is 5.45. The Morgan fingerprint density at radius 3 is 3.25 bits per heavy atom. The summed E-state index contributed by atoms with van der Waals surface area (Å²) in [5.74, 6) is 0.753. The first-order valence-corrected chi connectivity index (χ1v) is 5.45. The summed E-state index contributed by atoms with van der Waals surface area (Å²) in [6.45, 7) is 2.89. The highest BCUT2D eigenvalue weighted by molar-refractivity contribution is 5.61. The van der Waals surface area contributed by atoms with Crippen molar-refractivity contribution < 1.29 is 0 Å². The van der Waals surface area contributed by atoms with Crippen LogP contribution in [0.1, 0.15) is 19.8 Å². The van der Waals surface area contributed by atoms with Gasteiger partial charge in [-0.25, -0.2) is 4.98 Å². The summed E-state index contributed by atoms with van der Waals surface area (Å²) in [5, 5.41) is 11.0. The fourth-order valence-electron chi connectivity index (χ4n) is 1.46. The van der Waals surface area contributed by atoms with Gasteiger partial charge in [0.15, 0.2) is 5.82 Å². The normalized spacial score (nSPS) is 12.9. The summed E-state index contributed by atoms with van der Waals surface area (Å²) in [5.41, 5.74) is 6.58. The van der Waals surface area contributed by atoms with Crippen LogP contribution in [-0.2, 0) is 0 Å². The van der Waals surface area contributed by atoms with Crippen molar-refractivity contribution in [2.24, 2.45) is 5.73 Å². The number of rotatable bonds is 5. The lowest BCUT2D eigenvalue weighted by Gasteiger charge is -2.09. The van der Waals surface area contributed by atoms with Crippen LogP contribution < -0.4 is 11.1 Å². The average Bonchev–Trinajstić information content (AvgIpc) is 2.77. The largest absolute Gasteiger partial charge is 0.367 e. The first-order chi connectivity index (χ1) is 7.81. The van der Waals surface area contributed by atoms with E-state index < -0.39 is 0 Å². The SMILES string of the molecule is CCC(N)CCNc1nccn2cnnc12. The summed E-state index contributed by atoms with van der Waals surface area (Å²) in [7, 11) is 0. The second-order valence-corrected chi connectivity index (χ2v) is 3.72. The number of anilines is 1. The lowest BCUT2D eigenvalue weighted by atomic mass is 10.2. The Labute approximate surface area is 93.9 Å². The van der Waals surface area contributed by atoms with Crippen LogP contribution in [-0.4, -0.2) is 32.2 Å². The van der Waals surface area contributed by atoms with Gasteiger partial charge in [0.1, 0.15) is 6.33 Å². The number of hydrogen-bond donors (Lipinski definition) is 2. The minimum atomic E-state index is 0.241. The highest BCUT2D eigenvalue weighted by atomic mass is 15.2. The molecule has 1 atom stereocenters. The molecule has 86 valence electrons. The molecule has 0 saturated carbocycles. The highest BCUT2D eigenvalue weighted by Gasteiger charge is 2.04. The van der Waals surface area contributed by atoms with E-state index in [1.807, 2.05) is 10.6 Å². The molecule has 2 aromatic heterocycles. The molecule has 0 spiro atoms. The Balaban J connectivity index is 2.01. The maximum absolute atomic E-state index is 5.84. The van der Waals surface area contributed by atoms with Crippen molar-refractivity contribution >= 4 is 11.5 Å². The van der Waals surface area contributed by atoms with Crippen molar-refractivity contribution in [3.8, 4) is 0 Å². The van der Waals surface area contributed by atoms with E-state index in [-0.39, 0.29) is 6.04 Å². The van der Waals surface area contributed by atoms with Crippen LogP contribution in [0.15, 0.2) is 18.7 Å². The maximum atomic E-state index is 5.84. The molecule has 0 amide bonds. The zero-order valence-electron chi connectivity index (χ0n) is 9.30. The summed E-state index contributed by atoms with van der Waals surface area (Å²) in [6, 6.07) is 0.241. The van der Waals surface area contributed by atoms with E-state index >= 15 is 0 Å². The Morgan fingerprint density at radius 2 is 2.44 bits per heavy atom. The molecular weight excluding hydrogens is 204 g/mol. The first kappa shape index (κ1) is 10.8.